The van der Waals surface area contributed by atoms with Crippen molar-refractivity contribution in [3.8, 4) is 17.2 Å². The Morgan fingerprint density at radius 1 is 1.09 bits per heavy atom. The number of carboxylic acid groups (broad SMARTS) is 1. The molecule has 33 heavy (non-hydrogen) atoms. The minimum Gasteiger partial charge on any atom is -0.504 e. The summed E-state index contributed by atoms with van der Waals surface area (Å²) >= 11 is 0. The van der Waals surface area contributed by atoms with E-state index in [-0.39, 0.29) is 0 Å². The van der Waals surface area contributed by atoms with E-state index in [0.29, 0.717) is 0 Å². The van der Waals surface area contributed by atoms with Crippen LogP contribution >= 0.6 is 0 Å². The van der Waals surface area contributed by atoms with Gasteiger partial charge in [0.1, 0.15) is 30.0 Å². The molecule has 1 aromatic rings. The first kappa shape index (κ1) is 25.3. The van der Waals surface area contributed by atoms with Gasteiger partial charge in [0.05, 0.1) is 25.4 Å². The van der Waals surface area contributed by atoms with Crippen LogP contribution in [-0.4, -0.2) is 125 Å². The molecular formula is C18H24O15. The zero-order valence-corrected chi connectivity index (χ0v) is 16.8. The van der Waals surface area contributed by atoms with Crippen LogP contribution in [0.3, 0.4) is 0 Å². The molecule has 0 radical (unpaired) electrons. The molecular weight excluding hydrogens is 456 g/mol. The van der Waals surface area contributed by atoms with Gasteiger partial charge in [-0.05, 0) is 12.1 Å². The summed E-state index contributed by atoms with van der Waals surface area (Å²) in [7, 11) is 0. The molecule has 2 heterocycles. The predicted molar refractivity (Wildman–Crippen MR) is 98.9 cm³/mol. The smallest absolute Gasteiger partial charge is 0.335 e. The minimum atomic E-state index is -2.82. The van der Waals surface area contributed by atoms with Crippen molar-refractivity contribution in [1.29, 1.82) is 0 Å². The van der Waals surface area contributed by atoms with Crippen LogP contribution in [-0.2, 0) is 14.2 Å². The molecule has 2 fully saturated rings. The Labute approximate surface area is 184 Å². The summed E-state index contributed by atoms with van der Waals surface area (Å²) in [5.41, 5.74) is -2.73. The third kappa shape index (κ3) is 4.69. The lowest BCUT2D eigenvalue weighted by atomic mass is 9.98. The molecule has 2 aliphatic rings. The SMILES string of the molecule is O=C(O)c1cc(O)c(O)c(O[C@@H]2O[C@H](CO[C@]3(O)OC[C@](O)(CO)[C@H]3O)[C@@H](O)[C@H](O)[C@H]2O)c1. The van der Waals surface area contributed by atoms with Crippen LogP contribution in [0.1, 0.15) is 10.4 Å². The van der Waals surface area contributed by atoms with Gasteiger partial charge in [-0.25, -0.2) is 4.79 Å². The second-order valence-electron chi connectivity index (χ2n) is 7.67. The van der Waals surface area contributed by atoms with Gasteiger partial charge in [-0.1, -0.05) is 0 Å². The first-order valence-electron chi connectivity index (χ1n) is 9.50. The van der Waals surface area contributed by atoms with E-state index >= 15 is 0 Å². The Morgan fingerprint density at radius 2 is 1.76 bits per heavy atom. The summed E-state index contributed by atoms with van der Waals surface area (Å²) in [5.74, 6) is -6.70. The number of aromatic hydroxyl groups is 2. The van der Waals surface area contributed by atoms with E-state index in [1.54, 1.807) is 0 Å². The first-order chi connectivity index (χ1) is 15.3. The molecule has 0 bridgehead atoms. The number of ether oxygens (including phenoxy) is 4. The van der Waals surface area contributed by atoms with Crippen molar-refractivity contribution >= 4 is 5.97 Å². The van der Waals surface area contributed by atoms with Crippen LogP contribution in [0, 0.1) is 0 Å². The fraction of sp³-hybridized carbons (Fsp3) is 0.611. The average molecular weight is 480 g/mol. The quantitative estimate of drug-likeness (QED) is 0.131. The van der Waals surface area contributed by atoms with E-state index in [9.17, 15) is 45.6 Å². The average Bonchev–Trinajstić information content (AvgIpc) is 3.01. The number of aliphatic hydroxyl groups is 7. The van der Waals surface area contributed by atoms with Gasteiger partial charge in [-0.3, -0.25) is 0 Å². The molecule has 0 unspecified atom stereocenters. The molecule has 1 aromatic carbocycles. The molecule has 0 aliphatic carbocycles. The van der Waals surface area contributed by atoms with Gasteiger partial charge in [-0.2, -0.15) is 0 Å². The Hall–Kier alpha value is -2.31. The van der Waals surface area contributed by atoms with Crippen molar-refractivity contribution in [3.05, 3.63) is 17.7 Å². The molecule has 3 rings (SSSR count). The Morgan fingerprint density at radius 3 is 2.33 bits per heavy atom. The van der Waals surface area contributed by atoms with Gasteiger partial charge >= 0.3 is 11.9 Å². The fourth-order valence-corrected chi connectivity index (χ4v) is 3.26. The van der Waals surface area contributed by atoms with Crippen LogP contribution in [0.25, 0.3) is 0 Å². The van der Waals surface area contributed by atoms with Crippen molar-refractivity contribution < 1.29 is 74.8 Å². The second kappa shape index (κ2) is 9.15. The third-order valence-electron chi connectivity index (χ3n) is 5.33. The molecule has 2 aliphatic heterocycles. The van der Waals surface area contributed by atoms with Crippen molar-refractivity contribution in [2.24, 2.45) is 0 Å². The molecule has 8 atom stereocenters. The maximum Gasteiger partial charge on any atom is 0.335 e. The number of benzene rings is 1. The number of carboxylic acids is 1. The lowest BCUT2D eigenvalue weighted by molar-refractivity contribution is -0.384. The lowest BCUT2D eigenvalue weighted by Crippen LogP contribution is -2.61. The number of rotatable bonds is 7. The highest BCUT2D eigenvalue weighted by Gasteiger charge is 2.59. The zero-order chi connectivity index (χ0) is 24.7. The van der Waals surface area contributed by atoms with Gasteiger partial charge in [-0.15, -0.1) is 0 Å². The fourth-order valence-electron chi connectivity index (χ4n) is 3.26. The topological polar surface area (TPSA) is 256 Å². The van der Waals surface area contributed by atoms with E-state index < -0.39 is 97.0 Å². The molecule has 10 N–H and O–H groups in total. The molecule has 0 aromatic heterocycles. The monoisotopic (exact) mass is 480 g/mol. The van der Waals surface area contributed by atoms with Gasteiger partial charge in [0.2, 0.25) is 12.0 Å². The van der Waals surface area contributed by atoms with Gasteiger partial charge in [0.25, 0.3) is 0 Å². The van der Waals surface area contributed by atoms with E-state index in [1.807, 2.05) is 0 Å². The van der Waals surface area contributed by atoms with Crippen LogP contribution in [0.15, 0.2) is 12.1 Å². The number of carbonyl (C=O) groups is 1. The van der Waals surface area contributed by atoms with Gasteiger partial charge in [0.15, 0.2) is 17.6 Å². The molecule has 2 saturated heterocycles. The number of aromatic carboxylic acids is 1. The van der Waals surface area contributed by atoms with Gasteiger partial charge in [0, 0.05) is 0 Å². The molecule has 0 spiro atoms. The van der Waals surface area contributed by atoms with Crippen LogP contribution in [0.2, 0.25) is 0 Å². The first-order valence-corrected chi connectivity index (χ1v) is 9.50. The van der Waals surface area contributed by atoms with Crippen molar-refractivity contribution in [1.82, 2.24) is 0 Å². The summed E-state index contributed by atoms with van der Waals surface area (Å²) in [6.45, 7) is -2.49. The van der Waals surface area contributed by atoms with E-state index in [0.717, 1.165) is 12.1 Å². The Bertz CT molecular complexity index is 879. The third-order valence-corrected chi connectivity index (χ3v) is 5.33. The van der Waals surface area contributed by atoms with E-state index in [1.165, 1.54) is 0 Å². The highest BCUT2D eigenvalue weighted by atomic mass is 16.8. The second-order valence-corrected chi connectivity index (χ2v) is 7.67. The molecule has 186 valence electrons. The Kier molecular flexibility index (Phi) is 7.02. The molecule has 0 saturated carbocycles. The summed E-state index contributed by atoms with van der Waals surface area (Å²) in [5, 5.41) is 98.5. The summed E-state index contributed by atoms with van der Waals surface area (Å²) in [6.07, 6.45) is -11.2. The molecule has 15 nitrogen and oxygen atoms in total. The predicted octanol–water partition coefficient (Wildman–Crippen LogP) is -4.24. The van der Waals surface area contributed by atoms with Crippen LogP contribution in [0.5, 0.6) is 17.2 Å². The maximum absolute atomic E-state index is 11.1. The largest absolute Gasteiger partial charge is 0.504 e. The molecule has 0 amide bonds. The highest BCUT2D eigenvalue weighted by molar-refractivity contribution is 5.89. The normalized spacial score (nSPS) is 38.9. The van der Waals surface area contributed by atoms with E-state index in [4.69, 9.17) is 29.2 Å². The number of hydrogen-bond acceptors (Lipinski definition) is 14. The Balaban J connectivity index is 1.75. The van der Waals surface area contributed by atoms with Crippen LogP contribution < -0.4 is 4.74 Å². The van der Waals surface area contributed by atoms with Crippen molar-refractivity contribution in [2.45, 2.75) is 48.4 Å². The minimum absolute atomic E-state index is 0.489. The molecule has 15 heteroatoms. The van der Waals surface area contributed by atoms with Crippen LogP contribution in [0.4, 0.5) is 0 Å². The van der Waals surface area contributed by atoms with Gasteiger partial charge < -0.3 is 70.0 Å². The highest BCUT2D eigenvalue weighted by Crippen LogP contribution is 2.39. The number of hydrogen-bond donors (Lipinski definition) is 10. The van der Waals surface area contributed by atoms with E-state index in [2.05, 4.69) is 0 Å². The zero-order valence-electron chi connectivity index (χ0n) is 16.8. The lowest BCUT2D eigenvalue weighted by Gasteiger charge is -2.41. The standard InChI is InChI=1S/C18H24O15/c19-4-17(28)5-31-18(29,16(17)27)30-3-9-11(22)12(23)13(24)15(33-9)32-8-2-6(14(25)26)1-7(20)10(8)21/h1-2,9,11-13,15-16,19-24,27-29H,3-5H2,(H,25,26)/t9-,11-,12+,13-,15-,16-,17-,18+/m1/s1. The number of phenols is 2. The van der Waals surface area contributed by atoms with Crippen molar-refractivity contribution in [2.75, 3.05) is 19.8 Å². The summed E-state index contributed by atoms with van der Waals surface area (Å²) < 4.78 is 20.3. The van der Waals surface area contributed by atoms with Crippen molar-refractivity contribution in [3.63, 3.8) is 0 Å². The summed E-state index contributed by atoms with van der Waals surface area (Å²) in [6, 6.07) is 1.54. The number of aliphatic hydroxyl groups excluding tert-OH is 5. The summed E-state index contributed by atoms with van der Waals surface area (Å²) in [4.78, 5) is 11.1. The number of phenolic OH excluding ortho intramolecular Hbond substituents is 2. The maximum atomic E-state index is 11.1.